The summed E-state index contributed by atoms with van der Waals surface area (Å²) in [5.74, 6) is 0. The van der Waals surface area contributed by atoms with Crippen LogP contribution in [0.3, 0.4) is 0 Å². The van der Waals surface area contributed by atoms with Crippen molar-refractivity contribution < 1.29 is 0 Å². The standard InChI is InChI=1S/C22H34N4/c1-4-13-26-17-21(19(2)23-26)16-25-14-8-11-22(18-25)24(3)15-12-20-9-6-5-7-10-20/h5-7,9-10,17,22H,4,8,11-16,18H2,1-3H3. The Morgan fingerprint density at radius 3 is 2.81 bits per heavy atom. The van der Waals surface area contributed by atoms with E-state index >= 15 is 0 Å². The van der Waals surface area contributed by atoms with Gasteiger partial charge in [-0.15, -0.1) is 0 Å². The summed E-state index contributed by atoms with van der Waals surface area (Å²) >= 11 is 0. The Kier molecular flexibility index (Phi) is 6.86. The van der Waals surface area contributed by atoms with Crippen molar-refractivity contribution in [3.05, 3.63) is 53.3 Å². The molecule has 1 saturated heterocycles. The second-order valence-electron chi connectivity index (χ2n) is 7.75. The maximum Gasteiger partial charge on any atom is 0.0638 e. The van der Waals surface area contributed by atoms with E-state index in [0.29, 0.717) is 6.04 Å². The third kappa shape index (κ3) is 5.18. The highest BCUT2D eigenvalue weighted by atomic mass is 15.3. The molecule has 26 heavy (non-hydrogen) atoms. The molecule has 0 saturated carbocycles. The Morgan fingerprint density at radius 1 is 1.23 bits per heavy atom. The van der Waals surface area contributed by atoms with E-state index in [2.05, 4.69) is 77.0 Å². The minimum Gasteiger partial charge on any atom is -0.302 e. The average molecular weight is 355 g/mol. The van der Waals surface area contributed by atoms with E-state index in [0.717, 1.165) is 32.5 Å². The molecule has 1 fully saturated rings. The topological polar surface area (TPSA) is 24.3 Å². The van der Waals surface area contributed by atoms with Crippen molar-refractivity contribution in [2.24, 2.45) is 0 Å². The molecular weight excluding hydrogens is 320 g/mol. The molecule has 1 aliphatic rings. The van der Waals surface area contributed by atoms with Crippen molar-refractivity contribution >= 4 is 0 Å². The van der Waals surface area contributed by atoms with Crippen LogP contribution in [0.25, 0.3) is 0 Å². The van der Waals surface area contributed by atoms with E-state index < -0.39 is 0 Å². The van der Waals surface area contributed by atoms with Crippen LogP contribution in [0.4, 0.5) is 0 Å². The Balaban J connectivity index is 1.52. The van der Waals surface area contributed by atoms with Gasteiger partial charge < -0.3 is 4.90 Å². The molecule has 2 aromatic rings. The number of aromatic nitrogens is 2. The van der Waals surface area contributed by atoms with Crippen molar-refractivity contribution in [1.82, 2.24) is 19.6 Å². The molecule has 4 heteroatoms. The second kappa shape index (κ2) is 9.33. The molecule has 4 nitrogen and oxygen atoms in total. The number of hydrogen-bond acceptors (Lipinski definition) is 3. The normalized spacial score (nSPS) is 18.5. The monoisotopic (exact) mass is 354 g/mol. The SMILES string of the molecule is CCCn1cc(CN2CCCC(N(C)CCc3ccccc3)C2)c(C)n1. The zero-order valence-electron chi connectivity index (χ0n) is 16.7. The zero-order valence-corrected chi connectivity index (χ0v) is 16.7. The number of rotatable bonds is 8. The first-order chi connectivity index (χ1) is 12.7. The summed E-state index contributed by atoms with van der Waals surface area (Å²) in [5.41, 5.74) is 4.02. The predicted octanol–water partition coefficient (Wildman–Crippen LogP) is 3.74. The van der Waals surface area contributed by atoms with Crippen LogP contribution < -0.4 is 0 Å². The quantitative estimate of drug-likeness (QED) is 0.722. The molecule has 3 rings (SSSR count). The highest BCUT2D eigenvalue weighted by Crippen LogP contribution is 2.19. The molecule has 1 aromatic heterocycles. The molecule has 0 spiro atoms. The van der Waals surface area contributed by atoms with E-state index in [9.17, 15) is 0 Å². The van der Waals surface area contributed by atoms with Gasteiger partial charge in [0, 0.05) is 44.0 Å². The molecule has 0 bridgehead atoms. The fourth-order valence-electron chi connectivity index (χ4n) is 3.97. The molecular formula is C22H34N4. The summed E-state index contributed by atoms with van der Waals surface area (Å²) in [6, 6.07) is 11.5. The van der Waals surface area contributed by atoms with E-state index in [1.165, 1.54) is 42.8 Å². The summed E-state index contributed by atoms with van der Waals surface area (Å²) in [6.45, 7) is 9.93. The molecule has 1 aliphatic heterocycles. The van der Waals surface area contributed by atoms with Gasteiger partial charge in [-0.3, -0.25) is 9.58 Å². The van der Waals surface area contributed by atoms with Crippen molar-refractivity contribution in [1.29, 1.82) is 0 Å². The molecule has 1 atom stereocenters. The molecule has 1 unspecified atom stereocenters. The van der Waals surface area contributed by atoms with E-state index in [4.69, 9.17) is 0 Å². The Labute approximate surface area is 158 Å². The van der Waals surface area contributed by atoms with Gasteiger partial charge in [-0.1, -0.05) is 37.3 Å². The molecule has 0 radical (unpaired) electrons. The van der Waals surface area contributed by atoms with Gasteiger partial charge in [-0.05, 0) is 51.8 Å². The number of likely N-dealkylation sites (N-methyl/N-ethyl adjacent to an activating group) is 1. The van der Waals surface area contributed by atoms with E-state index in [1.54, 1.807) is 0 Å². The molecule has 2 heterocycles. The number of nitrogens with zero attached hydrogens (tertiary/aromatic N) is 4. The van der Waals surface area contributed by atoms with Crippen molar-refractivity contribution in [2.45, 2.75) is 58.7 Å². The van der Waals surface area contributed by atoms with Gasteiger partial charge in [-0.25, -0.2) is 0 Å². The number of aryl methyl sites for hydroxylation is 2. The Morgan fingerprint density at radius 2 is 2.04 bits per heavy atom. The lowest BCUT2D eigenvalue weighted by atomic mass is 10.0. The third-order valence-electron chi connectivity index (χ3n) is 5.59. The molecule has 1 aromatic carbocycles. The van der Waals surface area contributed by atoms with Crippen molar-refractivity contribution in [3.8, 4) is 0 Å². The summed E-state index contributed by atoms with van der Waals surface area (Å²) < 4.78 is 2.11. The van der Waals surface area contributed by atoms with Gasteiger partial charge in [-0.2, -0.15) is 5.10 Å². The lowest BCUT2D eigenvalue weighted by Gasteiger charge is -2.37. The first-order valence-corrected chi connectivity index (χ1v) is 10.1. The maximum atomic E-state index is 4.66. The first kappa shape index (κ1) is 19.1. The summed E-state index contributed by atoms with van der Waals surface area (Å²) in [5, 5.41) is 4.66. The molecule has 0 aliphatic carbocycles. The van der Waals surface area contributed by atoms with Gasteiger partial charge in [0.05, 0.1) is 5.69 Å². The van der Waals surface area contributed by atoms with Crippen LogP contribution >= 0.6 is 0 Å². The zero-order chi connectivity index (χ0) is 18.4. The third-order valence-corrected chi connectivity index (χ3v) is 5.59. The van der Waals surface area contributed by atoms with Crippen LogP contribution in [-0.4, -0.2) is 52.3 Å². The number of benzene rings is 1. The van der Waals surface area contributed by atoms with Gasteiger partial charge in [0.15, 0.2) is 0 Å². The van der Waals surface area contributed by atoms with Gasteiger partial charge in [0.1, 0.15) is 0 Å². The number of likely N-dealkylation sites (tertiary alicyclic amines) is 1. The van der Waals surface area contributed by atoms with Crippen LogP contribution in [0.5, 0.6) is 0 Å². The second-order valence-corrected chi connectivity index (χ2v) is 7.75. The van der Waals surface area contributed by atoms with Crippen LogP contribution in [-0.2, 0) is 19.5 Å². The lowest BCUT2D eigenvalue weighted by Crippen LogP contribution is -2.46. The number of piperidine rings is 1. The highest BCUT2D eigenvalue weighted by molar-refractivity contribution is 5.16. The molecule has 142 valence electrons. The van der Waals surface area contributed by atoms with Gasteiger partial charge >= 0.3 is 0 Å². The first-order valence-electron chi connectivity index (χ1n) is 10.1. The van der Waals surface area contributed by atoms with E-state index in [1.807, 2.05) is 0 Å². The number of hydrogen-bond donors (Lipinski definition) is 0. The minimum atomic E-state index is 0.665. The average Bonchev–Trinajstić information content (AvgIpc) is 3.00. The fraction of sp³-hybridized carbons (Fsp3) is 0.591. The van der Waals surface area contributed by atoms with Gasteiger partial charge in [0.2, 0.25) is 0 Å². The summed E-state index contributed by atoms with van der Waals surface area (Å²) in [6.07, 6.45) is 7.13. The minimum absolute atomic E-state index is 0.665. The molecule has 0 amide bonds. The van der Waals surface area contributed by atoms with Crippen LogP contribution in [0.15, 0.2) is 36.5 Å². The lowest BCUT2D eigenvalue weighted by molar-refractivity contribution is 0.112. The van der Waals surface area contributed by atoms with Crippen LogP contribution in [0.1, 0.15) is 43.0 Å². The van der Waals surface area contributed by atoms with E-state index in [-0.39, 0.29) is 0 Å². The van der Waals surface area contributed by atoms with Gasteiger partial charge in [0.25, 0.3) is 0 Å². The van der Waals surface area contributed by atoms with Crippen molar-refractivity contribution in [3.63, 3.8) is 0 Å². The Bertz CT molecular complexity index is 664. The summed E-state index contributed by atoms with van der Waals surface area (Å²) in [4.78, 5) is 5.18. The van der Waals surface area contributed by atoms with Crippen LogP contribution in [0.2, 0.25) is 0 Å². The predicted molar refractivity (Wildman–Crippen MR) is 108 cm³/mol. The molecule has 0 N–H and O–H groups in total. The van der Waals surface area contributed by atoms with Crippen molar-refractivity contribution in [2.75, 3.05) is 26.7 Å². The maximum absolute atomic E-state index is 4.66. The Hall–Kier alpha value is -1.65. The largest absolute Gasteiger partial charge is 0.302 e. The fourth-order valence-corrected chi connectivity index (χ4v) is 3.97. The van der Waals surface area contributed by atoms with Crippen LogP contribution in [0, 0.1) is 6.92 Å². The highest BCUT2D eigenvalue weighted by Gasteiger charge is 2.23. The summed E-state index contributed by atoms with van der Waals surface area (Å²) in [7, 11) is 2.29. The smallest absolute Gasteiger partial charge is 0.0638 e.